The van der Waals surface area contributed by atoms with Gasteiger partial charge in [-0.15, -0.1) is 11.3 Å². The Kier molecular flexibility index (Phi) is 6.77. The minimum atomic E-state index is -0.975. The van der Waals surface area contributed by atoms with E-state index < -0.39 is 17.4 Å². The third-order valence-corrected chi connectivity index (χ3v) is 4.93. The second-order valence-electron chi connectivity index (χ2n) is 6.04. The fourth-order valence-corrected chi connectivity index (χ4v) is 2.93. The molecular weight excluding hydrogens is 312 g/mol. The van der Waals surface area contributed by atoms with Crippen LogP contribution in [0.4, 0.5) is 0 Å². The number of carbonyl (C=O) groups is 2. The van der Waals surface area contributed by atoms with E-state index >= 15 is 0 Å². The fraction of sp³-hybridized carbons (Fsp3) is 0.588. The monoisotopic (exact) mass is 336 g/mol. The van der Waals surface area contributed by atoms with E-state index in [2.05, 4.69) is 18.3 Å². The van der Waals surface area contributed by atoms with Crippen LogP contribution in [0.25, 0.3) is 0 Å². The van der Waals surface area contributed by atoms with E-state index in [0.717, 1.165) is 23.3 Å². The highest BCUT2D eigenvalue weighted by atomic mass is 32.1. The molecule has 0 fully saturated rings. The molecule has 1 N–H and O–H groups in total. The van der Waals surface area contributed by atoms with Gasteiger partial charge in [0, 0.05) is 4.88 Å². The fourth-order valence-electron chi connectivity index (χ4n) is 1.97. The van der Waals surface area contributed by atoms with E-state index in [1.54, 1.807) is 6.92 Å². The number of esters is 1. The molecule has 0 spiro atoms. The maximum absolute atomic E-state index is 12.0. The van der Waals surface area contributed by atoms with Crippen LogP contribution >= 0.6 is 11.3 Å². The molecule has 0 radical (unpaired) electrons. The SMILES string of the molecule is CCCc1cc(C(=O)OCC(=O)N[C@](C)(C#N)C(C)C)sc1C. The van der Waals surface area contributed by atoms with E-state index in [-0.39, 0.29) is 12.5 Å². The molecule has 6 heteroatoms. The normalized spacial score (nSPS) is 13.3. The Morgan fingerprint density at radius 2 is 2.13 bits per heavy atom. The number of hydrogen-bond acceptors (Lipinski definition) is 5. The lowest BCUT2D eigenvalue weighted by Gasteiger charge is -2.27. The van der Waals surface area contributed by atoms with Crippen LogP contribution < -0.4 is 5.32 Å². The summed E-state index contributed by atoms with van der Waals surface area (Å²) in [6.45, 7) is 9.01. The van der Waals surface area contributed by atoms with Crippen molar-refractivity contribution in [2.24, 2.45) is 5.92 Å². The van der Waals surface area contributed by atoms with E-state index in [0.29, 0.717) is 4.88 Å². The Bertz CT molecular complexity index is 616. The van der Waals surface area contributed by atoms with Crippen LogP contribution in [0.2, 0.25) is 0 Å². The zero-order valence-corrected chi connectivity index (χ0v) is 15.2. The average molecular weight is 336 g/mol. The third-order valence-electron chi connectivity index (χ3n) is 3.86. The first kappa shape index (κ1) is 19.2. The van der Waals surface area contributed by atoms with Crippen molar-refractivity contribution in [1.82, 2.24) is 5.32 Å². The molecule has 0 bridgehead atoms. The first-order chi connectivity index (χ1) is 10.7. The van der Waals surface area contributed by atoms with Gasteiger partial charge in [0.2, 0.25) is 0 Å². The Hall–Kier alpha value is -1.87. The number of ether oxygens (including phenoxy) is 1. The molecule has 0 aliphatic heterocycles. The number of nitrogens with one attached hydrogen (secondary N) is 1. The lowest BCUT2D eigenvalue weighted by atomic mass is 9.90. The highest BCUT2D eigenvalue weighted by Crippen LogP contribution is 2.23. The van der Waals surface area contributed by atoms with Crippen molar-refractivity contribution in [2.75, 3.05) is 6.61 Å². The van der Waals surface area contributed by atoms with Crippen molar-refractivity contribution in [3.05, 3.63) is 21.4 Å². The molecule has 1 aromatic rings. The van der Waals surface area contributed by atoms with Crippen molar-refractivity contribution < 1.29 is 14.3 Å². The summed E-state index contributed by atoms with van der Waals surface area (Å²) in [6, 6.07) is 3.91. The van der Waals surface area contributed by atoms with Gasteiger partial charge in [-0.05, 0) is 37.8 Å². The Morgan fingerprint density at radius 1 is 1.48 bits per heavy atom. The highest BCUT2D eigenvalue weighted by Gasteiger charge is 2.30. The predicted molar refractivity (Wildman–Crippen MR) is 90.3 cm³/mol. The molecule has 0 saturated heterocycles. The molecule has 5 nitrogen and oxygen atoms in total. The van der Waals surface area contributed by atoms with Gasteiger partial charge in [-0.1, -0.05) is 27.2 Å². The van der Waals surface area contributed by atoms with Crippen LogP contribution in [0.3, 0.4) is 0 Å². The number of nitriles is 1. The van der Waals surface area contributed by atoms with E-state index in [9.17, 15) is 14.9 Å². The van der Waals surface area contributed by atoms with Gasteiger partial charge in [-0.3, -0.25) is 4.79 Å². The number of nitrogens with zero attached hydrogens (tertiary/aromatic N) is 1. The van der Waals surface area contributed by atoms with Crippen molar-refractivity contribution in [2.45, 2.75) is 53.0 Å². The number of hydrogen-bond donors (Lipinski definition) is 1. The van der Waals surface area contributed by atoms with Crippen LogP contribution in [-0.2, 0) is 16.0 Å². The van der Waals surface area contributed by atoms with Crippen molar-refractivity contribution in [3.8, 4) is 6.07 Å². The highest BCUT2D eigenvalue weighted by molar-refractivity contribution is 7.14. The molecule has 0 unspecified atom stereocenters. The van der Waals surface area contributed by atoms with Crippen molar-refractivity contribution >= 4 is 23.2 Å². The maximum atomic E-state index is 12.0. The maximum Gasteiger partial charge on any atom is 0.348 e. The van der Waals surface area contributed by atoms with Crippen LogP contribution in [0.5, 0.6) is 0 Å². The number of rotatable bonds is 7. The summed E-state index contributed by atoms with van der Waals surface area (Å²) >= 11 is 1.38. The van der Waals surface area contributed by atoms with Gasteiger partial charge in [-0.2, -0.15) is 5.26 Å². The molecular formula is C17H24N2O3S. The average Bonchev–Trinajstić information content (AvgIpc) is 2.86. The second kappa shape index (κ2) is 8.11. The largest absolute Gasteiger partial charge is 0.451 e. The Labute approximate surface area is 141 Å². The third kappa shape index (κ3) is 5.07. The van der Waals surface area contributed by atoms with Gasteiger partial charge in [0.05, 0.1) is 6.07 Å². The van der Waals surface area contributed by atoms with Crippen LogP contribution in [0.15, 0.2) is 6.07 Å². The summed E-state index contributed by atoms with van der Waals surface area (Å²) in [7, 11) is 0. The molecule has 0 saturated carbocycles. The molecule has 0 aromatic carbocycles. The minimum absolute atomic E-state index is 0.0521. The summed E-state index contributed by atoms with van der Waals surface area (Å²) in [4.78, 5) is 25.5. The van der Waals surface area contributed by atoms with Gasteiger partial charge in [0.25, 0.3) is 5.91 Å². The molecule has 1 aromatic heterocycles. The molecule has 126 valence electrons. The molecule has 1 heterocycles. The Balaban J connectivity index is 2.61. The zero-order chi connectivity index (χ0) is 17.6. The van der Waals surface area contributed by atoms with Crippen LogP contribution in [-0.4, -0.2) is 24.0 Å². The number of aryl methyl sites for hydroxylation is 2. The number of carbonyl (C=O) groups excluding carboxylic acids is 2. The standard InChI is InChI=1S/C17H24N2O3S/c1-6-7-13-8-14(23-12(13)4)16(21)22-9-15(20)19-17(5,10-18)11(2)3/h8,11H,6-7,9H2,1-5H3,(H,19,20)/t17-/m1/s1. The van der Waals surface area contributed by atoms with E-state index in [4.69, 9.17) is 4.74 Å². The summed E-state index contributed by atoms with van der Waals surface area (Å²) in [5.74, 6) is -1.03. The van der Waals surface area contributed by atoms with Crippen LogP contribution in [0, 0.1) is 24.2 Å². The predicted octanol–water partition coefficient (Wildman–Crippen LogP) is 3.22. The lowest BCUT2D eigenvalue weighted by Crippen LogP contribution is -2.50. The van der Waals surface area contributed by atoms with E-state index in [1.165, 1.54) is 11.3 Å². The second-order valence-corrected chi connectivity index (χ2v) is 7.29. The quantitative estimate of drug-likeness (QED) is 0.775. The lowest BCUT2D eigenvalue weighted by molar-refractivity contribution is -0.125. The minimum Gasteiger partial charge on any atom is -0.451 e. The van der Waals surface area contributed by atoms with Crippen molar-refractivity contribution in [3.63, 3.8) is 0 Å². The van der Waals surface area contributed by atoms with Gasteiger partial charge in [-0.25, -0.2) is 4.79 Å². The van der Waals surface area contributed by atoms with Gasteiger partial charge < -0.3 is 10.1 Å². The zero-order valence-electron chi connectivity index (χ0n) is 14.4. The van der Waals surface area contributed by atoms with Gasteiger partial charge in [0.15, 0.2) is 6.61 Å². The van der Waals surface area contributed by atoms with Gasteiger partial charge >= 0.3 is 5.97 Å². The smallest absolute Gasteiger partial charge is 0.348 e. The molecule has 1 atom stereocenters. The number of amides is 1. The molecule has 1 rings (SSSR count). The van der Waals surface area contributed by atoms with E-state index in [1.807, 2.05) is 26.8 Å². The molecule has 0 aliphatic carbocycles. The van der Waals surface area contributed by atoms with Crippen molar-refractivity contribution in [1.29, 1.82) is 5.26 Å². The summed E-state index contributed by atoms with van der Waals surface area (Å²) in [5.41, 5.74) is 0.169. The van der Waals surface area contributed by atoms with Gasteiger partial charge in [0.1, 0.15) is 10.4 Å². The number of thiophene rings is 1. The molecule has 1 amide bonds. The molecule has 0 aliphatic rings. The topological polar surface area (TPSA) is 79.2 Å². The molecule has 23 heavy (non-hydrogen) atoms. The first-order valence-electron chi connectivity index (χ1n) is 7.72. The Morgan fingerprint density at radius 3 is 2.65 bits per heavy atom. The first-order valence-corrected chi connectivity index (χ1v) is 8.53. The summed E-state index contributed by atoms with van der Waals surface area (Å²) < 4.78 is 5.06. The van der Waals surface area contributed by atoms with Crippen LogP contribution in [0.1, 0.15) is 54.2 Å². The summed E-state index contributed by atoms with van der Waals surface area (Å²) in [6.07, 6.45) is 1.93. The summed E-state index contributed by atoms with van der Waals surface area (Å²) in [5, 5.41) is 11.8.